The number of aliphatic imine (C=N–C) groups is 1. The van der Waals surface area contributed by atoms with Crippen molar-refractivity contribution in [3.63, 3.8) is 0 Å². The average molecular weight is 584 g/mol. The maximum Gasteiger partial charge on any atom is 0.414 e. The van der Waals surface area contributed by atoms with E-state index in [2.05, 4.69) is 32.6 Å². The lowest BCUT2D eigenvalue weighted by atomic mass is 9.72. The van der Waals surface area contributed by atoms with Crippen molar-refractivity contribution < 1.29 is 23.8 Å². The molecule has 8 nitrogen and oxygen atoms in total. The Kier molecular flexibility index (Phi) is 8.76. The SMILES string of the molecule is COC(=O)N1c2ccccc2N=C2CC(c3ccc(OC)cc3)CC(=O)C2C1c1ccc(N(C(C)C)C(C)C)cc1OC. The Morgan fingerprint density at radius 1 is 0.907 bits per heavy atom. The largest absolute Gasteiger partial charge is 0.497 e. The van der Waals surface area contributed by atoms with Crippen molar-refractivity contribution in [3.8, 4) is 11.5 Å². The van der Waals surface area contributed by atoms with E-state index in [9.17, 15) is 9.59 Å². The van der Waals surface area contributed by atoms with Gasteiger partial charge in [-0.2, -0.15) is 0 Å². The van der Waals surface area contributed by atoms with Crippen LogP contribution < -0.4 is 19.3 Å². The molecule has 2 aliphatic rings. The molecular weight excluding hydrogens is 542 g/mol. The molecule has 1 saturated carbocycles. The quantitative estimate of drug-likeness (QED) is 0.287. The van der Waals surface area contributed by atoms with Gasteiger partial charge < -0.3 is 19.1 Å². The summed E-state index contributed by atoms with van der Waals surface area (Å²) in [4.78, 5) is 36.9. The lowest BCUT2D eigenvalue weighted by molar-refractivity contribution is -0.122. The first kappa shape index (κ1) is 30.1. The normalized spacial score (nSPS) is 19.7. The zero-order valence-electron chi connectivity index (χ0n) is 26.0. The fraction of sp³-hybridized carbons (Fsp3) is 0.400. The molecule has 0 aromatic heterocycles. The topological polar surface area (TPSA) is 80.7 Å². The Bertz CT molecular complexity index is 1510. The highest BCUT2D eigenvalue weighted by molar-refractivity contribution is 6.12. The Balaban J connectivity index is 1.67. The standard InChI is InChI=1S/C35H41N3O5/c1-21(2)37(22(3)4)25-14-17-27(32(20-25)42-6)34-33-29(36-28-10-8-9-11-30(28)38(34)35(40)43-7)18-24(19-31(33)39)23-12-15-26(41-5)16-13-23/h8-17,20-22,24,33-34H,18-19H2,1-7H3. The second kappa shape index (κ2) is 12.5. The Morgan fingerprint density at radius 3 is 2.23 bits per heavy atom. The van der Waals surface area contributed by atoms with Crippen molar-refractivity contribution in [3.05, 3.63) is 77.9 Å². The molecule has 8 heteroatoms. The molecule has 0 spiro atoms. The van der Waals surface area contributed by atoms with E-state index in [0.717, 1.165) is 28.3 Å². The van der Waals surface area contributed by atoms with Crippen LogP contribution in [0.5, 0.6) is 11.5 Å². The number of ketones is 1. The molecular formula is C35H41N3O5. The number of ether oxygens (including phenoxy) is 3. The third kappa shape index (κ3) is 5.70. The van der Waals surface area contributed by atoms with Gasteiger partial charge in [0.15, 0.2) is 0 Å². The fourth-order valence-electron chi connectivity index (χ4n) is 6.73. The van der Waals surface area contributed by atoms with Crippen LogP contribution in [0.25, 0.3) is 0 Å². The number of anilines is 2. The summed E-state index contributed by atoms with van der Waals surface area (Å²) in [7, 11) is 4.63. The molecule has 3 atom stereocenters. The fourth-order valence-corrected chi connectivity index (χ4v) is 6.73. The van der Waals surface area contributed by atoms with Crippen LogP contribution in [0.15, 0.2) is 71.7 Å². The number of hydrogen-bond acceptors (Lipinski definition) is 7. The van der Waals surface area contributed by atoms with Crippen LogP contribution >= 0.6 is 0 Å². The molecule has 1 fully saturated rings. The minimum atomic E-state index is -0.713. The van der Waals surface area contributed by atoms with Crippen LogP contribution in [0.1, 0.15) is 63.6 Å². The summed E-state index contributed by atoms with van der Waals surface area (Å²) in [5.74, 6) is 0.677. The lowest BCUT2D eigenvalue weighted by Crippen LogP contribution is -2.45. The van der Waals surface area contributed by atoms with Crippen molar-refractivity contribution in [2.24, 2.45) is 10.9 Å². The molecule has 3 unspecified atom stereocenters. The van der Waals surface area contributed by atoms with Crippen molar-refractivity contribution in [1.29, 1.82) is 0 Å². The maximum absolute atomic E-state index is 14.3. The Morgan fingerprint density at radius 2 is 1.60 bits per heavy atom. The second-order valence-corrected chi connectivity index (χ2v) is 11.7. The van der Waals surface area contributed by atoms with Gasteiger partial charge in [0.05, 0.1) is 44.7 Å². The number of amides is 1. The van der Waals surface area contributed by atoms with Gasteiger partial charge >= 0.3 is 6.09 Å². The van der Waals surface area contributed by atoms with Crippen LogP contribution in [0.3, 0.4) is 0 Å². The molecule has 3 aromatic rings. The Hall–Kier alpha value is -4.33. The molecule has 1 heterocycles. The second-order valence-electron chi connectivity index (χ2n) is 11.7. The molecule has 0 radical (unpaired) electrons. The maximum atomic E-state index is 14.3. The van der Waals surface area contributed by atoms with Crippen LogP contribution in [0, 0.1) is 5.92 Å². The molecule has 0 saturated heterocycles. The predicted molar refractivity (Wildman–Crippen MR) is 170 cm³/mol. The molecule has 1 amide bonds. The van der Waals surface area contributed by atoms with E-state index >= 15 is 0 Å². The Labute approximate surface area is 254 Å². The lowest BCUT2D eigenvalue weighted by Gasteiger charge is -2.39. The van der Waals surface area contributed by atoms with Gasteiger partial charge in [0.25, 0.3) is 0 Å². The number of carbonyl (C=O) groups is 2. The van der Waals surface area contributed by atoms with Gasteiger partial charge in [-0.05, 0) is 75.9 Å². The number of methoxy groups -OCH3 is 3. The van der Waals surface area contributed by atoms with Crippen LogP contribution in [0.4, 0.5) is 21.9 Å². The smallest absolute Gasteiger partial charge is 0.414 e. The van der Waals surface area contributed by atoms with E-state index in [1.54, 1.807) is 19.1 Å². The number of carbonyl (C=O) groups excluding carboxylic acids is 2. The summed E-state index contributed by atoms with van der Waals surface area (Å²) in [5, 5.41) is 0. The molecule has 0 N–H and O–H groups in total. The summed E-state index contributed by atoms with van der Waals surface area (Å²) >= 11 is 0. The highest BCUT2D eigenvalue weighted by atomic mass is 16.5. The summed E-state index contributed by atoms with van der Waals surface area (Å²) in [6.45, 7) is 8.63. The van der Waals surface area contributed by atoms with Crippen molar-refractivity contribution in [1.82, 2.24) is 0 Å². The van der Waals surface area contributed by atoms with Gasteiger partial charge in [0.1, 0.15) is 17.3 Å². The first-order valence-corrected chi connectivity index (χ1v) is 14.8. The van der Waals surface area contributed by atoms with Gasteiger partial charge in [-0.15, -0.1) is 0 Å². The molecule has 0 bridgehead atoms. The van der Waals surface area contributed by atoms with E-state index in [1.165, 1.54) is 7.11 Å². The van der Waals surface area contributed by atoms with Crippen LogP contribution in [-0.2, 0) is 9.53 Å². The van der Waals surface area contributed by atoms with E-state index in [0.29, 0.717) is 30.0 Å². The van der Waals surface area contributed by atoms with Crippen LogP contribution in [-0.4, -0.2) is 51.0 Å². The van der Waals surface area contributed by atoms with Crippen LogP contribution in [0.2, 0.25) is 0 Å². The number of benzene rings is 3. The minimum absolute atomic E-state index is 0.0228. The number of fused-ring (bicyclic) bond motifs is 2. The molecule has 3 aromatic carbocycles. The van der Waals surface area contributed by atoms with Gasteiger partial charge in [-0.3, -0.25) is 14.7 Å². The molecule has 1 aliphatic carbocycles. The van der Waals surface area contributed by atoms with Gasteiger partial charge in [0, 0.05) is 41.5 Å². The third-order valence-corrected chi connectivity index (χ3v) is 8.51. The summed E-state index contributed by atoms with van der Waals surface area (Å²) < 4.78 is 16.7. The summed E-state index contributed by atoms with van der Waals surface area (Å²) in [6.07, 6.45) is 0.348. The predicted octanol–water partition coefficient (Wildman–Crippen LogP) is 7.49. The average Bonchev–Trinajstić information content (AvgIpc) is 3.15. The summed E-state index contributed by atoms with van der Waals surface area (Å²) in [6, 6.07) is 21.2. The van der Waals surface area contributed by atoms with E-state index in [-0.39, 0.29) is 23.8 Å². The van der Waals surface area contributed by atoms with Gasteiger partial charge in [-0.25, -0.2) is 4.79 Å². The molecule has 1 aliphatic heterocycles. The zero-order chi connectivity index (χ0) is 30.8. The van der Waals surface area contributed by atoms with E-state index < -0.39 is 18.1 Å². The first-order chi connectivity index (χ1) is 20.7. The third-order valence-electron chi connectivity index (χ3n) is 8.51. The highest BCUT2D eigenvalue weighted by Crippen LogP contribution is 2.49. The molecule has 43 heavy (non-hydrogen) atoms. The zero-order valence-corrected chi connectivity index (χ0v) is 26.0. The van der Waals surface area contributed by atoms with Crippen molar-refractivity contribution in [2.75, 3.05) is 31.1 Å². The number of hydrogen-bond donors (Lipinski definition) is 0. The highest BCUT2D eigenvalue weighted by Gasteiger charge is 2.47. The van der Waals surface area contributed by atoms with Gasteiger partial charge in [0.2, 0.25) is 0 Å². The minimum Gasteiger partial charge on any atom is -0.497 e. The summed E-state index contributed by atoms with van der Waals surface area (Å²) in [5.41, 5.74) is 4.76. The van der Waals surface area contributed by atoms with Crippen molar-refractivity contribution >= 4 is 34.7 Å². The number of Topliss-reactive ketones (excluding diaryl/α,β-unsaturated/α-hetero) is 1. The van der Waals surface area contributed by atoms with E-state index in [1.807, 2.05) is 66.7 Å². The van der Waals surface area contributed by atoms with Gasteiger partial charge in [-0.1, -0.05) is 30.3 Å². The number of rotatable bonds is 7. The molecule has 5 rings (SSSR count). The van der Waals surface area contributed by atoms with E-state index in [4.69, 9.17) is 19.2 Å². The monoisotopic (exact) mass is 583 g/mol. The van der Waals surface area contributed by atoms with Crippen molar-refractivity contribution in [2.45, 2.75) is 64.6 Å². The first-order valence-electron chi connectivity index (χ1n) is 14.8. The number of para-hydroxylation sites is 2. The molecule has 226 valence electrons. The number of nitrogens with zero attached hydrogens (tertiary/aromatic N) is 3.